The van der Waals surface area contributed by atoms with E-state index >= 15 is 0 Å². The number of ether oxygens (including phenoxy) is 1. The summed E-state index contributed by atoms with van der Waals surface area (Å²) in [5, 5.41) is 10.2. The Labute approximate surface area is 124 Å². The van der Waals surface area contributed by atoms with Gasteiger partial charge in [-0.3, -0.25) is 9.35 Å². The summed E-state index contributed by atoms with van der Waals surface area (Å²) < 4.78 is 35.5. The fourth-order valence-corrected chi connectivity index (χ4v) is 4.72. The number of hydrogen-bond acceptors (Lipinski definition) is 5. The highest BCUT2D eigenvalue weighted by Gasteiger charge is 2.58. The predicted molar refractivity (Wildman–Crippen MR) is 74.0 cm³/mol. The first-order valence-electron chi connectivity index (χ1n) is 7.43. The van der Waals surface area contributed by atoms with E-state index in [2.05, 4.69) is 0 Å². The number of esters is 1. The average Bonchev–Trinajstić information content (AvgIpc) is 2.32. The van der Waals surface area contributed by atoms with E-state index in [9.17, 15) is 22.9 Å². The van der Waals surface area contributed by atoms with Gasteiger partial charge in [0.1, 0.15) is 5.60 Å². The molecule has 120 valence electrons. The van der Waals surface area contributed by atoms with Gasteiger partial charge >= 0.3 is 5.97 Å². The molecule has 4 bridgehead atoms. The van der Waals surface area contributed by atoms with E-state index in [1.54, 1.807) is 0 Å². The van der Waals surface area contributed by atoms with Crippen molar-refractivity contribution in [2.75, 3.05) is 0 Å². The molecule has 4 rings (SSSR count). The summed E-state index contributed by atoms with van der Waals surface area (Å²) >= 11 is 0. The Morgan fingerprint density at radius 3 is 2.19 bits per heavy atom. The molecular formula is C14H22O6S. The highest BCUT2D eigenvalue weighted by Crippen LogP contribution is 2.57. The van der Waals surface area contributed by atoms with Crippen molar-refractivity contribution in [3.8, 4) is 0 Å². The van der Waals surface area contributed by atoms with Crippen molar-refractivity contribution in [1.29, 1.82) is 0 Å². The third-order valence-electron chi connectivity index (χ3n) is 5.61. The van der Waals surface area contributed by atoms with Crippen molar-refractivity contribution >= 4 is 16.1 Å². The SMILES string of the molecule is CC(C)(C(=O)OC12CC3CC(C1)C(O)C(C3)C2)S(=O)(=O)O. The lowest BCUT2D eigenvalue weighted by Crippen LogP contribution is -2.60. The zero-order chi connectivity index (χ0) is 15.6. The minimum atomic E-state index is -4.52. The summed E-state index contributed by atoms with van der Waals surface area (Å²) in [5.74, 6) is -0.190. The van der Waals surface area contributed by atoms with Gasteiger partial charge in [-0.2, -0.15) is 8.42 Å². The number of rotatable bonds is 3. The van der Waals surface area contributed by atoms with Crippen molar-refractivity contribution in [3.05, 3.63) is 0 Å². The topological polar surface area (TPSA) is 101 Å². The molecule has 0 radical (unpaired) electrons. The number of aliphatic hydroxyl groups excluding tert-OH is 1. The molecule has 7 heteroatoms. The summed E-state index contributed by atoms with van der Waals surface area (Å²) in [6.45, 7) is 2.31. The van der Waals surface area contributed by atoms with Crippen LogP contribution < -0.4 is 0 Å². The van der Waals surface area contributed by atoms with Crippen molar-refractivity contribution in [1.82, 2.24) is 0 Å². The van der Waals surface area contributed by atoms with E-state index < -0.39 is 26.4 Å². The monoisotopic (exact) mass is 318 g/mol. The molecule has 2 N–H and O–H groups in total. The number of carbonyl (C=O) groups is 1. The fraction of sp³-hybridized carbons (Fsp3) is 0.929. The lowest BCUT2D eigenvalue weighted by atomic mass is 9.53. The minimum absolute atomic E-state index is 0.137. The van der Waals surface area contributed by atoms with Crippen LogP contribution in [0.1, 0.15) is 46.0 Å². The van der Waals surface area contributed by atoms with E-state index in [0.29, 0.717) is 18.8 Å². The van der Waals surface area contributed by atoms with Crippen LogP contribution in [-0.2, 0) is 19.6 Å². The molecule has 0 aromatic heterocycles. The normalized spacial score (nSPS) is 42.1. The van der Waals surface area contributed by atoms with E-state index in [4.69, 9.17) is 4.74 Å². The Bertz CT molecular complexity index is 550. The quantitative estimate of drug-likeness (QED) is 0.598. The maximum absolute atomic E-state index is 12.3. The second kappa shape index (κ2) is 4.43. The lowest BCUT2D eigenvalue weighted by molar-refractivity contribution is -0.207. The highest BCUT2D eigenvalue weighted by molar-refractivity contribution is 7.88. The van der Waals surface area contributed by atoms with E-state index in [0.717, 1.165) is 33.1 Å². The van der Waals surface area contributed by atoms with Gasteiger partial charge < -0.3 is 9.84 Å². The van der Waals surface area contributed by atoms with Crippen LogP contribution >= 0.6 is 0 Å². The zero-order valence-corrected chi connectivity index (χ0v) is 13.1. The van der Waals surface area contributed by atoms with Crippen LogP contribution in [0.25, 0.3) is 0 Å². The third-order valence-corrected chi connectivity index (χ3v) is 7.07. The molecule has 4 aliphatic carbocycles. The van der Waals surface area contributed by atoms with Crippen LogP contribution in [-0.4, -0.2) is 40.5 Å². The van der Waals surface area contributed by atoms with Crippen LogP contribution in [0.2, 0.25) is 0 Å². The average molecular weight is 318 g/mol. The molecule has 0 amide bonds. The Hall–Kier alpha value is -0.660. The maximum atomic E-state index is 12.3. The smallest absolute Gasteiger partial charge is 0.329 e. The van der Waals surface area contributed by atoms with Gasteiger partial charge in [0, 0.05) is 0 Å². The number of hydrogen-bond donors (Lipinski definition) is 2. The predicted octanol–water partition coefficient (Wildman–Crippen LogP) is 1.14. The van der Waals surface area contributed by atoms with Crippen molar-refractivity contribution in [3.63, 3.8) is 0 Å². The van der Waals surface area contributed by atoms with Crippen LogP contribution in [0.15, 0.2) is 0 Å². The molecule has 0 aliphatic heterocycles. The number of carbonyl (C=O) groups excluding carboxylic acids is 1. The second-order valence-corrected chi connectivity index (χ2v) is 9.49. The Balaban J connectivity index is 1.81. The summed E-state index contributed by atoms with van der Waals surface area (Å²) in [7, 11) is -4.52. The molecule has 0 saturated heterocycles. The third kappa shape index (κ3) is 2.29. The molecule has 4 aliphatic rings. The molecule has 0 aromatic rings. The van der Waals surface area contributed by atoms with Gasteiger partial charge in [0.25, 0.3) is 10.1 Å². The second-order valence-electron chi connectivity index (χ2n) is 7.52. The first kappa shape index (κ1) is 15.2. The first-order chi connectivity index (χ1) is 9.54. The highest BCUT2D eigenvalue weighted by atomic mass is 32.2. The van der Waals surface area contributed by atoms with Gasteiger partial charge in [-0.05, 0) is 63.7 Å². The Morgan fingerprint density at radius 1 is 1.19 bits per heavy atom. The van der Waals surface area contributed by atoms with E-state index in [1.165, 1.54) is 0 Å². The molecular weight excluding hydrogens is 296 g/mol. The molecule has 21 heavy (non-hydrogen) atoms. The fourth-order valence-electron chi connectivity index (χ4n) is 4.47. The van der Waals surface area contributed by atoms with Crippen LogP contribution in [0.5, 0.6) is 0 Å². The van der Waals surface area contributed by atoms with Crippen molar-refractivity contribution < 1.29 is 27.6 Å². The maximum Gasteiger partial charge on any atom is 0.329 e. The Morgan fingerprint density at radius 2 is 1.71 bits per heavy atom. The van der Waals surface area contributed by atoms with E-state index in [1.807, 2.05) is 0 Å². The summed E-state index contributed by atoms with van der Waals surface area (Å²) in [4.78, 5) is 12.3. The van der Waals surface area contributed by atoms with Gasteiger partial charge in [-0.15, -0.1) is 0 Å². The molecule has 0 heterocycles. The van der Waals surface area contributed by atoms with Gasteiger partial charge in [-0.1, -0.05) is 0 Å². The molecule has 0 aromatic carbocycles. The molecule has 2 atom stereocenters. The van der Waals surface area contributed by atoms with Crippen LogP contribution in [0.3, 0.4) is 0 Å². The Kier molecular flexibility index (Phi) is 3.21. The van der Waals surface area contributed by atoms with Gasteiger partial charge in [0.2, 0.25) is 0 Å². The van der Waals surface area contributed by atoms with Crippen LogP contribution in [0, 0.1) is 17.8 Å². The molecule has 0 spiro atoms. The van der Waals surface area contributed by atoms with Crippen LogP contribution in [0.4, 0.5) is 0 Å². The van der Waals surface area contributed by atoms with Crippen molar-refractivity contribution in [2.24, 2.45) is 17.8 Å². The molecule has 6 nitrogen and oxygen atoms in total. The molecule has 4 fully saturated rings. The van der Waals surface area contributed by atoms with Crippen molar-refractivity contribution in [2.45, 2.75) is 62.4 Å². The lowest BCUT2D eigenvalue weighted by Gasteiger charge is -2.58. The largest absolute Gasteiger partial charge is 0.458 e. The summed E-state index contributed by atoms with van der Waals surface area (Å²) in [6.07, 6.45) is 3.50. The first-order valence-corrected chi connectivity index (χ1v) is 8.87. The zero-order valence-electron chi connectivity index (χ0n) is 12.3. The molecule has 4 saturated carbocycles. The van der Waals surface area contributed by atoms with Gasteiger partial charge in [-0.25, -0.2) is 0 Å². The summed E-state index contributed by atoms with van der Waals surface area (Å²) in [5.41, 5.74) is -0.658. The van der Waals surface area contributed by atoms with E-state index in [-0.39, 0.29) is 17.9 Å². The van der Waals surface area contributed by atoms with Gasteiger partial charge in [0.05, 0.1) is 6.10 Å². The summed E-state index contributed by atoms with van der Waals surface area (Å²) in [6, 6.07) is 0. The molecule has 2 unspecified atom stereocenters. The van der Waals surface area contributed by atoms with Gasteiger partial charge in [0.15, 0.2) is 4.75 Å². The number of aliphatic hydroxyl groups is 1. The minimum Gasteiger partial charge on any atom is -0.458 e. The standard InChI is InChI=1S/C14H22O6S/c1-13(2,21(17,18)19)12(16)20-14-5-8-3-9(6-14)11(15)10(4-8)7-14/h8-11,15H,3-7H2,1-2H3,(H,17,18,19).